The molecule has 22 heavy (non-hydrogen) atoms. The summed E-state index contributed by atoms with van der Waals surface area (Å²) in [5.41, 5.74) is 4.92. The number of hydrogen-bond donors (Lipinski definition) is 0. The van der Waals surface area contributed by atoms with Gasteiger partial charge in [0.1, 0.15) is 0 Å². The fourth-order valence-corrected chi connectivity index (χ4v) is 2.56. The summed E-state index contributed by atoms with van der Waals surface area (Å²) in [6, 6.07) is 22.4. The lowest BCUT2D eigenvalue weighted by Gasteiger charge is -2.07. The summed E-state index contributed by atoms with van der Waals surface area (Å²) < 4.78 is 1.81. The smallest absolute Gasteiger partial charge is 0.185 e. The van der Waals surface area contributed by atoms with Gasteiger partial charge in [0.15, 0.2) is 11.5 Å². The normalized spacial score (nSPS) is 11.0. The zero-order chi connectivity index (χ0) is 14.9. The molecular formula is C18H14N4. The summed E-state index contributed by atoms with van der Waals surface area (Å²) in [5, 5.41) is 13.1. The third kappa shape index (κ3) is 2.05. The van der Waals surface area contributed by atoms with Crippen molar-refractivity contribution >= 4 is 5.65 Å². The zero-order valence-corrected chi connectivity index (χ0v) is 12.1. The number of aryl methyl sites for hydroxylation is 1. The molecule has 0 unspecified atom stereocenters. The van der Waals surface area contributed by atoms with Crippen LogP contribution in [-0.4, -0.2) is 19.8 Å². The summed E-state index contributed by atoms with van der Waals surface area (Å²) in [5.74, 6) is 0.782. The minimum atomic E-state index is 0.781. The molecule has 0 radical (unpaired) electrons. The first-order valence-corrected chi connectivity index (χ1v) is 7.17. The molecule has 0 N–H and O–H groups in total. The summed E-state index contributed by atoms with van der Waals surface area (Å²) in [7, 11) is 0. The zero-order valence-electron chi connectivity index (χ0n) is 12.1. The van der Waals surface area contributed by atoms with Crippen LogP contribution in [0.5, 0.6) is 0 Å². The average Bonchev–Trinajstić information content (AvgIpc) is 2.97. The maximum Gasteiger partial charge on any atom is 0.185 e. The second-order valence-electron chi connectivity index (χ2n) is 5.16. The average molecular weight is 286 g/mol. The topological polar surface area (TPSA) is 43.1 Å². The monoisotopic (exact) mass is 286 g/mol. The van der Waals surface area contributed by atoms with E-state index in [9.17, 15) is 0 Å². The van der Waals surface area contributed by atoms with Gasteiger partial charge >= 0.3 is 0 Å². The molecule has 106 valence electrons. The van der Waals surface area contributed by atoms with E-state index < -0.39 is 0 Å². The van der Waals surface area contributed by atoms with Crippen LogP contribution in [0, 0.1) is 6.92 Å². The third-order valence-corrected chi connectivity index (χ3v) is 3.68. The Kier molecular flexibility index (Phi) is 2.93. The van der Waals surface area contributed by atoms with E-state index in [1.807, 2.05) is 47.8 Å². The summed E-state index contributed by atoms with van der Waals surface area (Å²) in [6.07, 6.45) is 0. The molecule has 0 saturated heterocycles. The molecule has 4 heteroatoms. The van der Waals surface area contributed by atoms with Gasteiger partial charge < -0.3 is 0 Å². The molecule has 0 aliphatic rings. The lowest BCUT2D eigenvalue weighted by atomic mass is 10.0. The first-order chi connectivity index (χ1) is 10.8. The number of benzene rings is 2. The minimum Gasteiger partial charge on any atom is -0.196 e. The number of rotatable bonds is 2. The molecule has 2 aromatic carbocycles. The highest BCUT2D eigenvalue weighted by Gasteiger charge is 2.13. The molecular weight excluding hydrogens is 272 g/mol. The van der Waals surface area contributed by atoms with E-state index in [-0.39, 0.29) is 0 Å². The van der Waals surface area contributed by atoms with Gasteiger partial charge in [0.2, 0.25) is 0 Å². The van der Waals surface area contributed by atoms with Crippen LogP contribution in [0.1, 0.15) is 5.82 Å². The lowest BCUT2D eigenvalue weighted by molar-refractivity contribution is 0.880. The van der Waals surface area contributed by atoms with Crippen LogP contribution in [0.25, 0.3) is 28.0 Å². The van der Waals surface area contributed by atoms with Crippen LogP contribution >= 0.6 is 0 Å². The molecule has 4 nitrogen and oxygen atoms in total. The van der Waals surface area contributed by atoms with Crippen molar-refractivity contribution in [2.45, 2.75) is 6.92 Å². The molecule has 4 rings (SSSR count). The maximum absolute atomic E-state index is 4.68. The third-order valence-electron chi connectivity index (χ3n) is 3.68. The molecule has 0 bridgehead atoms. The Balaban J connectivity index is 2.03. The van der Waals surface area contributed by atoms with Crippen molar-refractivity contribution in [1.29, 1.82) is 0 Å². The second-order valence-corrected chi connectivity index (χ2v) is 5.16. The summed E-state index contributed by atoms with van der Waals surface area (Å²) >= 11 is 0. The number of hydrogen-bond acceptors (Lipinski definition) is 3. The second kappa shape index (κ2) is 5.07. The SMILES string of the molecule is Cc1nnc2c(-c3ccccc3)cc(-c3ccccc3)nn12. The van der Waals surface area contributed by atoms with Gasteiger partial charge in [0.25, 0.3) is 0 Å². The highest BCUT2D eigenvalue weighted by molar-refractivity contribution is 5.80. The molecule has 0 saturated carbocycles. The van der Waals surface area contributed by atoms with Crippen molar-refractivity contribution in [3.63, 3.8) is 0 Å². The van der Waals surface area contributed by atoms with Gasteiger partial charge in [-0.25, -0.2) is 0 Å². The quantitative estimate of drug-likeness (QED) is 0.563. The van der Waals surface area contributed by atoms with Crippen molar-refractivity contribution in [2.75, 3.05) is 0 Å². The fraction of sp³-hybridized carbons (Fsp3) is 0.0556. The van der Waals surface area contributed by atoms with Gasteiger partial charge in [0, 0.05) is 11.1 Å². The molecule has 0 amide bonds. The van der Waals surface area contributed by atoms with Crippen LogP contribution < -0.4 is 0 Å². The fourth-order valence-electron chi connectivity index (χ4n) is 2.56. The Hall–Kier alpha value is -3.01. The highest BCUT2D eigenvalue weighted by Crippen LogP contribution is 2.27. The number of aromatic nitrogens is 4. The Morgan fingerprint density at radius 3 is 2.09 bits per heavy atom. The van der Waals surface area contributed by atoms with Crippen LogP contribution in [0.15, 0.2) is 66.7 Å². The molecule has 2 heterocycles. The van der Waals surface area contributed by atoms with E-state index in [1.165, 1.54) is 0 Å². The maximum atomic E-state index is 4.68. The predicted molar refractivity (Wildman–Crippen MR) is 86.4 cm³/mol. The van der Waals surface area contributed by atoms with Gasteiger partial charge in [-0.1, -0.05) is 60.7 Å². The Morgan fingerprint density at radius 2 is 1.41 bits per heavy atom. The standard InChI is InChI=1S/C18H14N4/c1-13-19-20-18-16(14-8-4-2-5-9-14)12-17(21-22(13)18)15-10-6-3-7-11-15/h2-12H,1H3. The summed E-state index contributed by atoms with van der Waals surface area (Å²) in [6.45, 7) is 1.91. The van der Waals surface area contributed by atoms with Crippen LogP contribution in [0.2, 0.25) is 0 Å². The van der Waals surface area contributed by atoms with E-state index in [1.54, 1.807) is 0 Å². The van der Waals surface area contributed by atoms with E-state index in [0.29, 0.717) is 0 Å². The van der Waals surface area contributed by atoms with Gasteiger partial charge in [-0.15, -0.1) is 10.2 Å². The van der Waals surface area contributed by atoms with Crippen molar-refractivity contribution < 1.29 is 0 Å². The highest BCUT2D eigenvalue weighted by atomic mass is 15.4. The van der Waals surface area contributed by atoms with E-state index in [0.717, 1.165) is 33.9 Å². The molecule has 0 aliphatic carbocycles. The van der Waals surface area contributed by atoms with Crippen LogP contribution in [0.3, 0.4) is 0 Å². The largest absolute Gasteiger partial charge is 0.196 e. The Bertz CT molecular complexity index is 927. The number of nitrogens with zero attached hydrogens (tertiary/aromatic N) is 4. The molecule has 0 spiro atoms. The first-order valence-electron chi connectivity index (χ1n) is 7.17. The molecule has 0 fully saturated rings. The molecule has 0 aliphatic heterocycles. The van der Waals surface area contributed by atoms with E-state index in [4.69, 9.17) is 0 Å². The molecule has 0 atom stereocenters. The predicted octanol–water partition coefficient (Wildman–Crippen LogP) is 3.77. The van der Waals surface area contributed by atoms with Crippen LogP contribution in [-0.2, 0) is 0 Å². The van der Waals surface area contributed by atoms with Gasteiger partial charge in [-0.3, -0.25) is 0 Å². The van der Waals surface area contributed by atoms with E-state index in [2.05, 4.69) is 45.6 Å². The summed E-state index contributed by atoms with van der Waals surface area (Å²) in [4.78, 5) is 0. The van der Waals surface area contributed by atoms with Crippen molar-refractivity contribution in [1.82, 2.24) is 19.8 Å². The van der Waals surface area contributed by atoms with Gasteiger partial charge in [-0.05, 0) is 18.6 Å². The van der Waals surface area contributed by atoms with E-state index >= 15 is 0 Å². The minimum absolute atomic E-state index is 0.781. The first kappa shape index (κ1) is 12.7. The molecule has 4 aromatic rings. The lowest BCUT2D eigenvalue weighted by Crippen LogP contribution is -1.99. The van der Waals surface area contributed by atoms with Crippen molar-refractivity contribution in [3.05, 3.63) is 72.6 Å². The van der Waals surface area contributed by atoms with Gasteiger partial charge in [-0.2, -0.15) is 9.61 Å². The van der Waals surface area contributed by atoms with Crippen LogP contribution in [0.4, 0.5) is 0 Å². The van der Waals surface area contributed by atoms with Crippen molar-refractivity contribution in [3.8, 4) is 22.4 Å². The Morgan fingerprint density at radius 1 is 0.773 bits per heavy atom. The van der Waals surface area contributed by atoms with Gasteiger partial charge in [0.05, 0.1) is 5.69 Å². The molecule has 2 aromatic heterocycles. The van der Waals surface area contributed by atoms with Crippen molar-refractivity contribution in [2.24, 2.45) is 0 Å². The Labute approximate surface area is 128 Å². The number of fused-ring (bicyclic) bond motifs is 1.